The monoisotopic (exact) mass is 220 g/mol. The number of esters is 1. The quantitative estimate of drug-likeness (QED) is 0.605. The molecule has 0 fully saturated rings. The van der Waals surface area contributed by atoms with E-state index in [2.05, 4.69) is 4.74 Å². The van der Waals surface area contributed by atoms with Crippen molar-refractivity contribution in [1.29, 1.82) is 0 Å². The molecule has 0 amide bonds. The molecule has 0 aliphatic carbocycles. The first kappa shape index (κ1) is 11.5. The molecule has 3 nitrogen and oxygen atoms in total. The van der Waals surface area contributed by atoms with Gasteiger partial charge in [0.15, 0.2) is 11.6 Å². The van der Waals surface area contributed by atoms with Crippen LogP contribution in [0, 0.1) is 17.5 Å². The number of benzene rings is 1. The number of carbonyl (C=O) groups excluding carboxylic acids is 1. The molecule has 0 saturated heterocycles. The van der Waals surface area contributed by atoms with E-state index in [-0.39, 0.29) is 0 Å². The Hall–Kier alpha value is -1.56. The third-order valence-electron chi connectivity index (χ3n) is 1.82. The summed E-state index contributed by atoms with van der Waals surface area (Å²) in [6.45, 7) is -0.990. The molecule has 1 rings (SSSR count). The van der Waals surface area contributed by atoms with Crippen molar-refractivity contribution >= 4 is 5.97 Å². The molecule has 6 heteroatoms. The molecule has 0 aliphatic heterocycles. The zero-order valence-electron chi connectivity index (χ0n) is 7.68. The maximum absolute atomic E-state index is 13.1. The summed E-state index contributed by atoms with van der Waals surface area (Å²) in [6, 6.07) is 0.482. The van der Waals surface area contributed by atoms with Gasteiger partial charge >= 0.3 is 5.97 Å². The number of hydrogen-bond donors (Lipinski definition) is 1. The molecule has 0 unspecified atom stereocenters. The standard InChI is InChI=1S/C9H7F3O3/c1-15-9(14)4-2-6(10)5(3-13)8(12)7(4)11/h2,13H,3H2,1H3. The molecule has 15 heavy (non-hydrogen) atoms. The van der Waals surface area contributed by atoms with Crippen LogP contribution in [0.1, 0.15) is 15.9 Å². The smallest absolute Gasteiger partial charge is 0.341 e. The van der Waals surface area contributed by atoms with Gasteiger partial charge in [0.2, 0.25) is 0 Å². The Bertz CT molecular complexity index is 404. The van der Waals surface area contributed by atoms with Crippen molar-refractivity contribution in [2.24, 2.45) is 0 Å². The van der Waals surface area contributed by atoms with Gasteiger partial charge in [0.1, 0.15) is 11.4 Å². The van der Waals surface area contributed by atoms with Gasteiger partial charge in [-0.15, -0.1) is 0 Å². The first-order chi connectivity index (χ1) is 7.02. The summed E-state index contributed by atoms with van der Waals surface area (Å²) < 4.78 is 43.3. The SMILES string of the molecule is COC(=O)c1cc(F)c(CO)c(F)c1F. The predicted molar refractivity (Wildman–Crippen MR) is 43.6 cm³/mol. The van der Waals surface area contributed by atoms with Crippen LogP contribution < -0.4 is 0 Å². The van der Waals surface area contributed by atoms with E-state index in [4.69, 9.17) is 5.11 Å². The van der Waals surface area contributed by atoms with Crippen LogP contribution in [0.5, 0.6) is 0 Å². The fraction of sp³-hybridized carbons (Fsp3) is 0.222. The molecule has 0 heterocycles. The van der Waals surface area contributed by atoms with Crippen molar-refractivity contribution in [3.05, 3.63) is 34.6 Å². The number of ether oxygens (including phenoxy) is 1. The largest absolute Gasteiger partial charge is 0.465 e. The summed E-state index contributed by atoms with van der Waals surface area (Å²) in [6.07, 6.45) is 0. The van der Waals surface area contributed by atoms with E-state index in [1.807, 2.05) is 0 Å². The fourth-order valence-corrected chi connectivity index (χ4v) is 1.04. The Labute approximate surface area is 83.1 Å². The summed E-state index contributed by atoms with van der Waals surface area (Å²) in [5.41, 5.74) is -1.66. The van der Waals surface area contributed by atoms with Crippen LogP contribution in [0.3, 0.4) is 0 Å². The van der Waals surface area contributed by atoms with E-state index < -0.39 is 41.2 Å². The maximum Gasteiger partial charge on any atom is 0.341 e. The number of halogens is 3. The Morgan fingerprint density at radius 1 is 1.40 bits per heavy atom. The molecule has 0 aliphatic rings. The Kier molecular flexibility index (Phi) is 3.31. The molecule has 1 aromatic rings. The Morgan fingerprint density at radius 2 is 2.00 bits per heavy atom. The second-order valence-electron chi connectivity index (χ2n) is 2.66. The minimum Gasteiger partial charge on any atom is -0.465 e. The van der Waals surface area contributed by atoms with E-state index in [1.165, 1.54) is 0 Å². The highest BCUT2D eigenvalue weighted by Gasteiger charge is 2.22. The number of aliphatic hydroxyl groups is 1. The second kappa shape index (κ2) is 4.31. The van der Waals surface area contributed by atoms with Crippen molar-refractivity contribution in [2.45, 2.75) is 6.61 Å². The Balaban J connectivity index is 3.40. The Morgan fingerprint density at radius 3 is 2.47 bits per heavy atom. The van der Waals surface area contributed by atoms with Crippen LogP contribution in [-0.2, 0) is 11.3 Å². The second-order valence-corrected chi connectivity index (χ2v) is 2.66. The highest BCUT2D eigenvalue weighted by Crippen LogP contribution is 2.20. The van der Waals surface area contributed by atoms with Gasteiger partial charge in [-0.25, -0.2) is 18.0 Å². The van der Waals surface area contributed by atoms with Crippen molar-refractivity contribution in [3.63, 3.8) is 0 Å². The number of methoxy groups -OCH3 is 1. The van der Waals surface area contributed by atoms with Crippen molar-refractivity contribution < 1.29 is 27.8 Å². The maximum atomic E-state index is 13.1. The van der Waals surface area contributed by atoms with Crippen LogP contribution in [0.2, 0.25) is 0 Å². The molecule has 1 N–H and O–H groups in total. The average Bonchev–Trinajstić information content (AvgIpc) is 2.23. The topological polar surface area (TPSA) is 46.5 Å². The van der Waals surface area contributed by atoms with E-state index in [9.17, 15) is 18.0 Å². The normalized spacial score (nSPS) is 10.2. The lowest BCUT2D eigenvalue weighted by Crippen LogP contribution is -2.10. The molecule has 0 aromatic heterocycles. The van der Waals surface area contributed by atoms with Crippen LogP contribution in [0.4, 0.5) is 13.2 Å². The minimum absolute atomic E-state index is 0.482. The number of carbonyl (C=O) groups is 1. The highest BCUT2D eigenvalue weighted by molar-refractivity contribution is 5.89. The summed E-state index contributed by atoms with van der Waals surface area (Å²) in [7, 11) is 0.956. The van der Waals surface area contributed by atoms with Gasteiger partial charge in [0.25, 0.3) is 0 Å². The van der Waals surface area contributed by atoms with Gasteiger partial charge < -0.3 is 9.84 Å². The van der Waals surface area contributed by atoms with Crippen LogP contribution in [0.25, 0.3) is 0 Å². The van der Waals surface area contributed by atoms with Crippen LogP contribution >= 0.6 is 0 Å². The lowest BCUT2D eigenvalue weighted by molar-refractivity contribution is 0.0593. The van der Waals surface area contributed by atoms with E-state index in [0.29, 0.717) is 6.07 Å². The third kappa shape index (κ3) is 1.94. The van der Waals surface area contributed by atoms with Gasteiger partial charge in [-0.1, -0.05) is 0 Å². The third-order valence-corrected chi connectivity index (χ3v) is 1.82. The van der Waals surface area contributed by atoms with Crippen LogP contribution in [-0.4, -0.2) is 18.2 Å². The van der Waals surface area contributed by atoms with Gasteiger partial charge in [-0.3, -0.25) is 0 Å². The number of hydrogen-bond acceptors (Lipinski definition) is 3. The summed E-state index contributed by atoms with van der Waals surface area (Å²) in [4.78, 5) is 10.9. The first-order valence-corrected chi connectivity index (χ1v) is 3.88. The lowest BCUT2D eigenvalue weighted by atomic mass is 10.1. The zero-order valence-corrected chi connectivity index (χ0v) is 7.68. The van der Waals surface area contributed by atoms with E-state index in [1.54, 1.807) is 0 Å². The molecule has 0 radical (unpaired) electrons. The fourth-order valence-electron chi connectivity index (χ4n) is 1.04. The molecule has 0 atom stereocenters. The van der Waals surface area contributed by atoms with Crippen molar-refractivity contribution in [3.8, 4) is 0 Å². The zero-order chi connectivity index (χ0) is 11.6. The van der Waals surface area contributed by atoms with Crippen molar-refractivity contribution in [2.75, 3.05) is 7.11 Å². The van der Waals surface area contributed by atoms with E-state index >= 15 is 0 Å². The summed E-state index contributed by atoms with van der Waals surface area (Å²) in [5, 5.41) is 8.55. The first-order valence-electron chi connectivity index (χ1n) is 3.88. The molecule has 0 bridgehead atoms. The summed E-state index contributed by atoms with van der Waals surface area (Å²) >= 11 is 0. The van der Waals surface area contributed by atoms with E-state index in [0.717, 1.165) is 7.11 Å². The van der Waals surface area contributed by atoms with Gasteiger partial charge in [0.05, 0.1) is 19.3 Å². The highest BCUT2D eigenvalue weighted by atomic mass is 19.2. The molecular weight excluding hydrogens is 213 g/mol. The molecule has 0 saturated carbocycles. The van der Waals surface area contributed by atoms with Gasteiger partial charge in [-0.2, -0.15) is 0 Å². The molecular formula is C9H7F3O3. The lowest BCUT2D eigenvalue weighted by Gasteiger charge is -2.06. The average molecular weight is 220 g/mol. The number of aliphatic hydroxyl groups excluding tert-OH is 1. The van der Waals surface area contributed by atoms with Crippen LogP contribution in [0.15, 0.2) is 6.07 Å². The van der Waals surface area contributed by atoms with Gasteiger partial charge in [0, 0.05) is 0 Å². The molecule has 82 valence electrons. The van der Waals surface area contributed by atoms with Gasteiger partial charge in [-0.05, 0) is 6.07 Å². The molecule has 1 aromatic carbocycles. The molecule has 0 spiro atoms. The number of rotatable bonds is 2. The summed E-state index contributed by atoms with van der Waals surface area (Å²) in [5.74, 6) is -5.50. The van der Waals surface area contributed by atoms with Crippen molar-refractivity contribution in [1.82, 2.24) is 0 Å². The minimum atomic E-state index is -1.59. The predicted octanol–water partition coefficient (Wildman–Crippen LogP) is 1.38.